The Bertz CT molecular complexity index is 1620. The second-order valence-electron chi connectivity index (χ2n) is 8.73. The number of aromatic nitrogens is 1. The summed E-state index contributed by atoms with van der Waals surface area (Å²) in [5.74, 6) is 0.584. The molecular formula is C28H26Cl2N4O4S. The molecule has 0 atom stereocenters. The Morgan fingerprint density at radius 2 is 1.67 bits per heavy atom. The minimum absolute atomic E-state index is 0.320. The number of aryl methyl sites for hydroxylation is 1. The van der Waals surface area contributed by atoms with Crippen LogP contribution in [0.25, 0.3) is 5.69 Å². The molecule has 0 spiro atoms. The summed E-state index contributed by atoms with van der Waals surface area (Å²) >= 11 is 12.4. The van der Waals surface area contributed by atoms with Crippen LogP contribution in [0, 0.1) is 13.8 Å². The molecule has 0 aliphatic heterocycles. The maximum absolute atomic E-state index is 12.6. The Kier molecular flexibility index (Phi) is 8.64. The number of para-hydroxylation sites is 1. The third-order valence-electron chi connectivity index (χ3n) is 5.80. The first-order valence-corrected chi connectivity index (χ1v) is 14.4. The molecule has 0 saturated heterocycles. The van der Waals surface area contributed by atoms with Gasteiger partial charge in [0.25, 0.3) is 5.91 Å². The summed E-state index contributed by atoms with van der Waals surface area (Å²) in [6.07, 6.45) is 2.54. The zero-order valence-corrected chi connectivity index (χ0v) is 23.8. The number of benzene rings is 3. The molecule has 1 heterocycles. The standard InChI is InChI=1S/C28H26Cl2N4O4S/c1-19-15-21(20(2)34(19)27-14-9-22(29)16-26(27)30)17-31-32-28(35)18-33(39(3,36)37)23-10-12-25(13-11-23)38-24-7-5-4-6-8-24/h4-17H,18H2,1-3H3,(H,32,35)/b31-17-. The van der Waals surface area contributed by atoms with E-state index in [4.69, 9.17) is 27.9 Å². The van der Waals surface area contributed by atoms with Crippen LogP contribution >= 0.6 is 23.2 Å². The average Bonchev–Trinajstić information content (AvgIpc) is 3.16. The largest absolute Gasteiger partial charge is 0.457 e. The average molecular weight is 586 g/mol. The summed E-state index contributed by atoms with van der Waals surface area (Å²) in [6, 6.07) is 22.8. The third kappa shape index (κ3) is 7.00. The van der Waals surface area contributed by atoms with Gasteiger partial charge in [-0.1, -0.05) is 41.4 Å². The Morgan fingerprint density at radius 3 is 2.31 bits per heavy atom. The molecular weight excluding hydrogens is 559 g/mol. The van der Waals surface area contributed by atoms with E-state index in [2.05, 4.69) is 10.5 Å². The molecule has 11 heteroatoms. The molecule has 4 aromatic rings. The van der Waals surface area contributed by atoms with E-state index in [9.17, 15) is 13.2 Å². The number of sulfonamides is 1. The smallest absolute Gasteiger partial charge is 0.260 e. The second kappa shape index (κ2) is 11.9. The SMILES string of the molecule is Cc1cc(/C=N\NC(=O)CN(c2ccc(Oc3ccccc3)cc2)S(C)(=O)=O)c(C)n1-c1ccc(Cl)cc1Cl. The monoisotopic (exact) mass is 584 g/mol. The predicted octanol–water partition coefficient (Wildman–Crippen LogP) is 6.11. The number of carbonyl (C=O) groups excluding carboxylic acids is 1. The van der Waals surface area contributed by atoms with Crippen molar-refractivity contribution in [2.24, 2.45) is 5.10 Å². The molecule has 0 fully saturated rings. The minimum Gasteiger partial charge on any atom is -0.457 e. The molecule has 0 aliphatic rings. The fraction of sp³-hybridized carbons (Fsp3) is 0.143. The molecule has 39 heavy (non-hydrogen) atoms. The number of hydrazone groups is 1. The maximum atomic E-state index is 12.6. The lowest BCUT2D eigenvalue weighted by Gasteiger charge is -2.21. The fourth-order valence-electron chi connectivity index (χ4n) is 4.00. The van der Waals surface area contributed by atoms with E-state index in [0.29, 0.717) is 27.2 Å². The van der Waals surface area contributed by atoms with E-state index in [1.165, 1.54) is 6.21 Å². The van der Waals surface area contributed by atoms with Crippen molar-refractivity contribution >= 4 is 51.0 Å². The summed E-state index contributed by atoms with van der Waals surface area (Å²) in [4.78, 5) is 12.6. The molecule has 4 rings (SSSR count). The minimum atomic E-state index is -3.75. The van der Waals surface area contributed by atoms with Gasteiger partial charge in [-0.2, -0.15) is 5.10 Å². The number of ether oxygens (including phenoxy) is 1. The normalized spacial score (nSPS) is 11.5. The second-order valence-corrected chi connectivity index (χ2v) is 11.5. The first-order valence-electron chi connectivity index (χ1n) is 11.8. The summed E-state index contributed by atoms with van der Waals surface area (Å²) in [7, 11) is -3.75. The zero-order chi connectivity index (χ0) is 28.2. The molecule has 3 aromatic carbocycles. The Labute approximate surface area is 237 Å². The molecule has 0 bridgehead atoms. The number of nitrogens with zero attached hydrogens (tertiary/aromatic N) is 3. The quantitative estimate of drug-likeness (QED) is 0.190. The molecule has 0 aliphatic carbocycles. The third-order valence-corrected chi connectivity index (χ3v) is 7.48. The van der Waals surface area contributed by atoms with Crippen LogP contribution in [-0.4, -0.2) is 37.9 Å². The molecule has 0 radical (unpaired) electrons. The Morgan fingerprint density at radius 1 is 1.00 bits per heavy atom. The molecule has 0 saturated carbocycles. The lowest BCUT2D eigenvalue weighted by Crippen LogP contribution is -2.39. The molecule has 202 valence electrons. The number of rotatable bonds is 9. The lowest BCUT2D eigenvalue weighted by atomic mass is 10.2. The fourth-order valence-corrected chi connectivity index (χ4v) is 5.35. The van der Waals surface area contributed by atoms with Gasteiger partial charge in [-0.25, -0.2) is 13.8 Å². The van der Waals surface area contributed by atoms with Gasteiger partial charge in [0.05, 0.1) is 28.9 Å². The van der Waals surface area contributed by atoms with Gasteiger partial charge in [-0.15, -0.1) is 0 Å². The summed E-state index contributed by atoms with van der Waals surface area (Å²) in [5.41, 5.74) is 6.02. The zero-order valence-electron chi connectivity index (χ0n) is 21.4. The Hall–Kier alpha value is -3.79. The number of nitrogens with one attached hydrogen (secondary N) is 1. The highest BCUT2D eigenvalue weighted by molar-refractivity contribution is 7.92. The van der Waals surface area contributed by atoms with Gasteiger partial charge in [-0.3, -0.25) is 9.10 Å². The van der Waals surface area contributed by atoms with Gasteiger partial charge in [0.1, 0.15) is 18.0 Å². The van der Waals surface area contributed by atoms with Crippen LogP contribution in [0.3, 0.4) is 0 Å². The topological polar surface area (TPSA) is 93.0 Å². The molecule has 1 amide bonds. The van der Waals surface area contributed by atoms with Gasteiger partial charge in [0.2, 0.25) is 10.0 Å². The molecule has 1 aromatic heterocycles. The number of halogens is 2. The Balaban J connectivity index is 1.44. The van der Waals surface area contributed by atoms with Crippen molar-refractivity contribution in [3.63, 3.8) is 0 Å². The highest BCUT2D eigenvalue weighted by atomic mass is 35.5. The van der Waals surface area contributed by atoms with Crippen LogP contribution in [0.1, 0.15) is 17.0 Å². The number of amides is 1. The number of hydrogen-bond acceptors (Lipinski definition) is 5. The van der Waals surface area contributed by atoms with Crippen LogP contribution < -0.4 is 14.5 Å². The van der Waals surface area contributed by atoms with Crippen LogP contribution in [0.2, 0.25) is 10.0 Å². The van der Waals surface area contributed by atoms with E-state index < -0.39 is 22.5 Å². The first-order chi connectivity index (χ1) is 18.5. The van der Waals surface area contributed by atoms with Crippen LogP contribution in [0.4, 0.5) is 5.69 Å². The first kappa shape index (κ1) is 28.2. The molecule has 0 unspecified atom stereocenters. The maximum Gasteiger partial charge on any atom is 0.260 e. The predicted molar refractivity (Wildman–Crippen MR) is 156 cm³/mol. The van der Waals surface area contributed by atoms with Crippen molar-refractivity contribution < 1.29 is 17.9 Å². The molecule has 8 nitrogen and oxygen atoms in total. The van der Waals surface area contributed by atoms with E-state index in [1.54, 1.807) is 36.4 Å². The van der Waals surface area contributed by atoms with Crippen LogP contribution in [0.15, 0.2) is 84.0 Å². The van der Waals surface area contributed by atoms with Gasteiger partial charge in [-0.05, 0) is 74.5 Å². The summed E-state index contributed by atoms with van der Waals surface area (Å²) < 4.78 is 33.6. The van der Waals surface area contributed by atoms with Crippen molar-refractivity contribution in [3.05, 3.63) is 106 Å². The van der Waals surface area contributed by atoms with E-state index >= 15 is 0 Å². The highest BCUT2D eigenvalue weighted by Crippen LogP contribution is 2.29. The number of hydrogen-bond donors (Lipinski definition) is 1. The van der Waals surface area contributed by atoms with Crippen molar-refractivity contribution in [2.75, 3.05) is 17.1 Å². The van der Waals surface area contributed by atoms with Gasteiger partial charge in [0.15, 0.2) is 0 Å². The van der Waals surface area contributed by atoms with Crippen molar-refractivity contribution in [1.29, 1.82) is 0 Å². The van der Waals surface area contributed by atoms with Crippen molar-refractivity contribution in [3.8, 4) is 17.2 Å². The van der Waals surface area contributed by atoms with Crippen molar-refractivity contribution in [1.82, 2.24) is 9.99 Å². The van der Waals surface area contributed by atoms with E-state index in [1.807, 2.05) is 60.9 Å². The van der Waals surface area contributed by atoms with Gasteiger partial charge in [0, 0.05) is 22.0 Å². The number of carbonyl (C=O) groups is 1. The lowest BCUT2D eigenvalue weighted by molar-refractivity contribution is -0.119. The van der Waals surface area contributed by atoms with E-state index in [-0.39, 0.29) is 0 Å². The summed E-state index contributed by atoms with van der Waals surface area (Å²) in [5, 5.41) is 5.08. The van der Waals surface area contributed by atoms with Gasteiger partial charge >= 0.3 is 0 Å². The molecule has 1 N–H and O–H groups in total. The number of anilines is 1. The highest BCUT2D eigenvalue weighted by Gasteiger charge is 2.21. The van der Waals surface area contributed by atoms with Gasteiger partial charge < -0.3 is 9.30 Å². The van der Waals surface area contributed by atoms with Crippen LogP contribution in [-0.2, 0) is 14.8 Å². The van der Waals surface area contributed by atoms with Crippen molar-refractivity contribution in [2.45, 2.75) is 13.8 Å². The van der Waals surface area contributed by atoms with Crippen LogP contribution in [0.5, 0.6) is 11.5 Å². The summed E-state index contributed by atoms with van der Waals surface area (Å²) in [6.45, 7) is 3.38. The van der Waals surface area contributed by atoms with E-state index in [0.717, 1.165) is 33.2 Å².